The largest absolute Gasteiger partial charge is 0.385 e. The van der Waals surface area contributed by atoms with Crippen molar-refractivity contribution in [1.82, 2.24) is 0 Å². The SMILES string of the molecule is CCCC(C)CC1(O)CCC(C)c2ccccc21. The fourth-order valence-corrected chi connectivity index (χ4v) is 3.48. The van der Waals surface area contributed by atoms with Crippen LogP contribution in [0.3, 0.4) is 0 Å². The molecule has 0 aliphatic heterocycles. The monoisotopic (exact) mass is 246 g/mol. The number of benzene rings is 1. The van der Waals surface area contributed by atoms with Crippen molar-refractivity contribution in [3.8, 4) is 0 Å². The Bertz CT molecular complexity index is 398. The third-order valence-corrected chi connectivity index (χ3v) is 4.45. The van der Waals surface area contributed by atoms with Gasteiger partial charge in [0.15, 0.2) is 0 Å². The van der Waals surface area contributed by atoms with Crippen molar-refractivity contribution < 1.29 is 5.11 Å². The molecule has 1 aliphatic rings. The van der Waals surface area contributed by atoms with E-state index >= 15 is 0 Å². The molecular formula is C17H26O. The van der Waals surface area contributed by atoms with Crippen LogP contribution in [0.25, 0.3) is 0 Å². The van der Waals surface area contributed by atoms with Crippen molar-refractivity contribution in [2.75, 3.05) is 0 Å². The molecule has 0 fully saturated rings. The Labute approximate surface area is 111 Å². The average Bonchev–Trinajstić information content (AvgIpc) is 2.35. The van der Waals surface area contributed by atoms with Gasteiger partial charge in [0.05, 0.1) is 5.60 Å². The van der Waals surface area contributed by atoms with Gasteiger partial charge in [0.2, 0.25) is 0 Å². The smallest absolute Gasteiger partial charge is 0.0902 e. The third-order valence-electron chi connectivity index (χ3n) is 4.45. The second-order valence-corrected chi connectivity index (χ2v) is 6.16. The van der Waals surface area contributed by atoms with Crippen LogP contribution in [0, 0.1) is 5.92 Å². The fraction of sp³-hybridized carbons (Fsp3) is 0.647. The maximum absolute atomic E-state index is 11.0. The zero-order chi connectivity index (χ0) is 13.2. The molecule has 0 spiro atoms. The third kappa shape index (κ3) is 2.61. The molecule has 1 aromatic carbocycles. The van der Waals surface area contributed by atoms with Gasteiger partial charge in [-0.1, -0.05) is 57.9 Å². The number of hydrogen-bond acceptors (Lipinski definition) is 1. The molecule has 3 unspecified atom stereocenters. The second kappa shape index (κ2) is 5.44. The molecule has 1 nitrogen and oxygen atoms in total. The zero-order valence-electron chi connectivity index (χ0n) is 11.9. The van der Waals surface area contributed by atoms with E-state index in [0.29, 0.717) is 11.8 Å². The highest BCUT2D eigenvalue weighted by Crippen LogP contribution is 2.44. The van der Waals surface area contributed by atoms with Crippen LogP contribution in [0.1, 0.15) is 69.9 Å². The van der Waals surface area contributed by atoms with Crippen molar-refractivity contribution in [3.63, 3.8) is 0 Å². The van der Waals surface area contributed by atoms with Gasteiger partial charge in [0.25, 0.3) is 0 Å². The molecule has 2 rings (SSSR count). The minimum atomic E-state index is -0.586. The molecule has 0 aromatic heterocycles. The summed E-state index contributed by atoms with van der Waals surface area (Å²) in [5.74, 6) is 1.18. The van der Waals surface area contributed by atoms with E-state index in [2.05, 4.69) is 45.0 Å². The summed E-state index contributed by atoms with van der Waals surface area (Å²) in [5, 5.41) is 11.0. The van der Waals surface area contributed by atoms with Crippen LogP contribution in [0.5, 0.6) is 0 Å². The predicted molar refractivity (Wildman–Crippen MR) is 76.7 cm³/mol. The molecule has 0 saturated carbocycles. The minimum absolute atomic E-state index is 0.586. The Kier molecular flexibility index (Phi) is 4.11. The molecule has 1 aromatic rings. The number of fused-ring (bicyclic) bond motifs is 1. The Morgan fingerprint density at radius 2 is 2.11 bits per heavy atom. The van der Waals surface area contributed by atoms with Crippen molar-refractivity contribution in [2.24, 2.45) is 5.92 Å². The van der Waals surface area contributed by atoms with Gasteiger partial charge in [-0.25, -0.2) is 0 Å². The summed E-state index contributed by atoms with van der Waals surface area (Å²) in [6.45, 7) is 6.76. The zero-order valence-corrected chi connectivity index (χ0v) is 11.9. The first-order chi connectivity index (χ1) is 8.57. The summed E-state index contributed by atoms with van der Waals surface area (Å²) in [6.07, 6.45) is 5.34. The molecule has 1 N–H and O–H groups in total. The highest BCUT2D eigenvalue weighted by Gasteiger charge is 2.37. The first-order valence-electron chi connectivity index (χ1n) is 7.38. The first-order valence-corrected chi connectivity index (χ1v) is 7.38. The topological polar surface area (TPSA) is 20.2 Å². The Morgan fingerprint density at radius 1 is 1.39 bits per heavy atom. The molecule has 3 atom stereocenters. The Balaban J connectivity index is 2.26. The van der Waals surface area contributed by atoms with E-state index in [1.807, 2.05) is 0 Å². The van der Waals surface area contributed by atoms with Gasteiger partial charge in [-0.15, -0.1) is 0 Å². The second-order valence-electron chi connectivity index (χ2n) is 6.16. The van der Waals surface area contributed by atoms with E-state index in [9.17, 15) is 5.11 Å². The van der Waals surface area contributed by atoms with Crippen LogP contribution in [-0.2, 0) is 5.60 Å². The normalized spacial score (nSPS) is 28.8. The van der Waals surface area contributed by atoms with E-state index < -0.39 is 5.60 Å². The van der Waals surface area contributed by atoms with Crippen molar-refractivity contribution in [2.45, 2.75) is 64.4 Å². The molecule has 1 heteroatoms. The minimum Gasteiger partial charge on any atom is -0.385 e. The van der Waals surface area contributed by atoms with Crippen molar-refractivity contribution >= 4 is 0 Å². The van der Waals surface area contributed by atoms with Crippen LogP contribution in [0.15, 0.2) is 24.3 Å². The molecule has 0 bridgehead atoms. The quantitative estimate of drug-likeness (QED) is 0.823. The molecule has 18 heavy (non-hydrogen) atoms. The van der Waals surface area contributed by atoms with Crippen molar-refractivity contribution in [3.05, 3.63) is 35.4 Å². The molecule has 0 amide bonds. The highest BCUT2D eigenvalue weighted by molar-refractivity contribution is 5.37. The summed E-state index contributed by atoms with van der Waals surface area (Å²) in [6, 6.07) is 8.47. The maximum atomic E-state index is 11.0. The van der Waals surface area contributed by atoms with Gasteiger partial charge < -0.3 is 5.11 Å². The molecule has 1 aliphatic carbocycles. The van der Waals surface area contributed by atoms with Gasteiger partial charge in [-0.2, -0.15) is 0 Å². The number of aliphatic hydroxyl groups is 1. The lowest BCUT2D eigenvalue weighted by Gasteiger charge is -2.39. The lowest BCUT2D eigenvalue weighted by molar-refractivity contribution is -0.00711. The van der Waals surface area contributed by atoms with Crippen LogP contribution in [0.4, 0.5) is 0 Å². The van der Waals surface area contributed by atoms with Crippen LogP contribution >= 0.6 is 0 Å². The van der Waals surface area contributed by atoms with Crippen LogP contribution < -0.4 is 0 Å². The Morgan fingerprint density at radius 3 is 2.83 bits per heavy atom. The molecule has 0 radical (unpaired) electrons. The molecule has 100 valence electrons. The predicted octanol–water partition coefficient (Wildman–Crippen LogP) is 4.60. The lowest BCUT2D eigenvalue weighted by atomic mass is 9.71. The van der Waals surface area contributed by atoms with Crippen LogP contribution in [0.2, 0.25) is 0 Å². The van der Waals surface area contributed by atoms with Gasteiger partial charge in [0, 0.05) is 0 Å². The Hall–Kier alpha value is -0.820. The lowest BCUT2D eigenvalue weighted by Crippen LogP contribution is -2.33. The summed E-state index contributed by atoms with van der Waals surface area (Å²) in [5.41, 5.74) is 1.96. The van der Waals surface area contributed by atoms with E-state index in [4.69, 9.17) is 0 Å². The van der Waals surface area contributed by atoms with Gasteiger partial charge in [-0.3, -0.25) is 0 Å². The van der Waals surface area contributed by atoms with Crippen LogP contribution in [-0.4, -0.2) is 5.11 Å². The maximum Gasteiger partial charge on any atom is 0.0902 e. The van der Waals surface area contributed by atoms with Gasteiger partial charge in [0.1, 0.15) is 0 Å². The standard InChI is InChI=1S/C17H26O/c1-4-7-13(2)12-17(18)11-10-14(3)15-8-5-6-9-16(15)17/h5-6,8-9,13-14,18H,4,7,10-12H2,1-3H3. The fourth-order valence-electron chi connectivity index (χ4n) is 3.48. The summed E-state index contributed by atoms with van der Waals surface area (Å²) in [4.78, 5) is 0. The highest BCUT2D eigenvalue weighted by atomic mass is 16.3. The van der Waals surface area contributed by atoms with Crippen molar-refractivity contribution in [1.29, 1.82) is 0 Å². The first kappa shape index (κ1) is 13.6. The summed E-state index contributed by atoms with van der Waals surface area (Å²) >= 11 is 0. The molecule has 0 heterocycles. The number of rotatable bonds is 4. The van der Waals surface area contributed by atoms with E-state index in [0.717, 1.165) is 19.3 Å². The van der Waals surface area contributed by atoms with E-state index in [-0.39, 0.29) is 0 Å². The summed E-state index contributed by atoms with van der Waals surface area (Å²) in [7, 11) is 0. The van der Waals surface area contributed by atoms with E-state index in [1.54, 1.807) is 0 Å². The van der Waals surface area contributed by atoms with E-state index in [1.165, 1.54) is 24.0 Å². The number of hydrogen-bond donors (Lipinski definition) is 1. The average molecular weight is 246 g/mol. The molecular weight excluding hydrogens is 220 g/mol. The van der Waals surface area contributed by atoms with Gasteiger partial charge in [-0.05, 0) is 42.2 Å². The molecule has 0 saturated heterocycles. The summed E-state index contributed by atoms with van der Waals surface area (Å²) < 4.78 is 0. The van der Waals surface area contributed by atoms with Gasteiger partial charge >= 0.3 is 0 Å².